The molecule has 2 heterocycles. The maximum atomic E-state index is 14.4. The zero-order valence-corrected chi connectivity index (χ0v) is 20.7. The number of carbonyl (C=O) groups is 1. The SMILES string of the molecule is Cc1[nH]cnc1CN(CCN(C)C)C(=O)C1(c2ccccc2)CCN(Cc2ccccc2)CC1. The number of hydrogen-bond donors (Lipinski definition) is 1. The summed E-state index contributed by atoms with van der Waals surface area (Å²) in [5.41, 5.74) is 3.91. The first-order valence-electron chi connectivity index (χ1n) is 12.2. The highest BCUT2D eigenvalue weighted by molar-refractivity contribution is 5.88. The highest BCUT2D eigenvalue weighted by atomic mass is 16.2. The van der Waals surface area contributed by atoms with E-state index < -0.39 is 5.41 Å². The van der Waals surface area contributed by atoms with Crippen LogP contribution in [0.2, 0.25) is 0 Å². The Morgan fingerprint density at radius 2 is 1.65 bits per heavy atom. The Bertz CT molecular complexity index is 1040. The molecule has 0 atom stereocenters. The Labute approximate surface area is 203 Å². The first-order chi connectivity index (χ1) is 16.5. The van der Waals surface area contributed by atoms with E-state index in [2.05, 4.69) is 88.5 Å². The number of hydrogen-bond acceptors (Lipinski definition) is 4. The molecule has 1 amide bonds. The van der Waals surface area contributed by atoms with E-state index in [-0.39, 0.29) is 5.91 Å². The average molecular weight is 460 g/mol. The summed E-state index contributed by atoms with van der Waals surface area (Å²) in [6.45, 7) is 6.78. The number of rotatable bonds is 9. The molecule has 1 aliphatic heterocycles. The molecule has 0 bridgehead atoms. The van der Waals surface area contributed by atoms with Crippen LogP contribution in [0.25, 0.3) is 0 Å². The highest BCUT2D eigenvalue weighted by Crippen LogP contribution is 2.38. The minimum Gasteiger partial charge on any atom is -0.348 e. The van der Waals surface area contributed by atoms with Crippen molar-refractivity contribution in [2.75, 3.05) is 40.3 Å². The molecule has 2 aromatic carbocycles. The van der Waals surface area contributed by atoms with Gasteiger partial charge in [-0.3, -0.25) is 9.69 Å². The van der Waals surface area contributed by atoms with Crippen LogP contribution in [0.5, 0.6) is 0 Å². The smallest absolute Gasteiger partial charge is 0.233 e. The largest absolute Gasteiger partial charge is 0.348 e. The normalized spacial score (nSPS) is 16.0. The molecule has 0 saturated carbocycles. The lowest BCUT2D eigenvalue weighted by Gasteiger charge is -2.44. The molecular formula is C28H37N5O. The predicted molar refractivity (Wildman–Crippen MR) is 136 cm³/mol. The summed E-state index contributed by atoms with van der Waals surface area (Å²) >= 11 is 0. The van der Waals surface area contributed by atoms with Gasteiger partial charge >= 0.3 is 0 Å². The molecule has 1 aromatic heterocycles. The van der Waals surface area contributed by atoms with Gasteiger partial charge in [0.1, 0.15) is 0 Å². The van der Waals surface area contributed by atoms with Gasteiger partial charge in [0.2, 0.25) is 5.91 Å². The fraction of sp³-hybridized carbons (Fsp3) is 0.429. The van der Waals surface area contributed by atoms with E-state index >= 15 is 0 Å². The number of likely N-dealkylation sites (N-methyl/N-ethyl adjacent to an activating group) is 1. The second-order valence-electron chi connectivity index (χ2n) is 9.71. The Morgan fingerprint density at radius 1 is 1.00 bits per heavy atom. The highest BCUT2D eigenvalue weighted by Gasteiger charge is 2.45. The summed E-state index contributed by atoms with van der Waals surface area (Å²) < 4.78 is 0. The van der Waals surface area contributed by atoms with Crippen LogP contribution in [0.1, 0.15) is 35.4 Å². The Balaban J connectivity index is 1.59. The predicted octanol–water partition coefficient (Wildman–Crippen LogP) is 3.84. The monoisotopic (exact) mass is 459 g/mol. The molecular weight excluding hydrogens is 422 g/mol. The van der Waals surface area contributed by atoms with E-state index in [9.17, 15) is 4.79 Å². The average Bonchev–Trinajstić information content (AvgIpc) is 3.27. The maximum Gasteiger partial charge on any atom is 0.233 e. The second kappa shape index (κ2) is 11.0. The Kier molecular flexibility index (Phi) is 7.80. The van der Waals surface area contributed by atoms with Crippen molar-refractivity contribution in [3.63, 3.8) is 0 Å². The van der Waals surface area contributed by atoms with Crippen molar-refractivity contribution in [2.45, 2.75) is 38.3 Å². The van der Waals surface area contributed by atoms with E-state index in [1.54, 1.807) is 6.33 Å². The molecule has 1 aliphatic rings. The van der Waals surface area contributed by atoms with E-state index in [0.717, 1.165) is 56.0 Å². The van der Waals surface area contributed by atoms with Gasteiger partial charge < -0.3 is 14.8 Å². The van der Waals surface area contributed by atoms with Crippen LogP contribution in [0.15, 0.2) is 67.0 Å². The van der Waals surface area contributed by atoms with Crippen molar-refractivity contribution in [3.05, 3.63) is 89.5 Å². The minimum absolute atomic E-state index is 0.224. The fourth-order valence-electron chi connectivity index (χ4n) is 4.92. The van der Waals surface area contributed by atoms with Crippen molar-refractivity contribution >= 4 is 5.91 Å². The quantitative estimate of drug-likeness (QED) is 0.528. The fourth-order valence-corrected chi connectivity index (χ4v) is 4.92. The number of nitrogens with zero attached hydrogens (tertiary/aromatic N) is 4. The number of amides is 1. The molecule has 6 nitrogen and oxygen atoms in total. The Morgan fingerprint density at radius 3 is 2.24 bits per heavy atom. The third-order valence-electron chi connectivity index (χ3n) is 7.07. The number of imidazole rings is 1. The molecule has 180 valence electrons. The van der Waals surface area contributed by atoms with Crippen LogP contribution >= 0.6 is 0 Å². The first-order valence-corrected chi connectivity index (χ1v) is 12.2. The summed E-state index contributed by atoms with van der Waals surface area (Å²) in [5.74, 6) is 0.224. The second-order valence-corrected chi connectivity index (χ2v) is 9.71. The van der Waals surface area contributed by atoms with Gasteiger partial charge in [0.05, 0.1) is 24.0 Å². The lowest BCUT2D eigenvalue weighted by molar-refractivity contribution is -0.140. The van der Waals surface area contributed by atoms with Gasteiger partial charge in [-0.1, -0.05) is 60.7 Å². The van der Waals surface area contributed by atoms with Crippen LogP contribution in [0, 0.1) is 6.92 Å². The van der Waals surface area contributed by atoms with E-state index in [4.69, 9.17) is 0 Å². The number of carbonyl (C=O) groups excluding carboxylic acids is 1. The molecule has 3 aromatic rings. The van der Waals surface area contributed by atoms with Gasteiger partial charge in [-0.2, -0.15) is 0 Å². The number of piperidine rings is 1. The Hall–Kier alpha value is -2.96. The molecule has 4 rings (SSSR count). The molecule has 0 spiro atoms. The van der Waals surface area contributed by atoms with Crippen molar-refractivity contribution in [1.29, 1.82) is 0 Å². The van der Waals surface area contributed by atoms with Gasteiger partial charge in [-0.15, -0.1) is 0 Å². The van der Waals surface area contributed by atoms with Crippen molar-refractivity contribution in [1.82, 2.24) is 24.7 Å². The molecule has 0 unspecified atom stereocenters. The number of aromatic nitrogens is 2. The van der Waals surface area contributed by atoms with Gasteiger partial charge in [0.25, 0.3) is 0 Å². The lowest BCUT2D eigenvalue weighted by atomic mass is 9.71. The standard InChI is InChI=1S/C28H37N5O/c1-23-26(30-22-29-23)21-33(19-18-31(2)3)27(34)28(25-12-8-5-9-13-25)14-16-32(17-15-28)20-24-10-6-4-7-11-24/h4-13,22H,14-21H2,1-3H3,(H,29,30). The summed E-state index contributed by atoms with van der Waals surface area (Å²) in [7, 11) is 4.11. The van der Waals surface area contributed by atoms with Crippen LogP contribution < -0.4 is 0 Å². The summed E-state index contributed by atoms with van der Waals surface area (Å²) in [6, 6.07) is 21.0. The van der Waals surface area contributed by atoms with E-state index in [1.165, 1.54) is 5.56 Å². The molecule has 0 aliphatic carbocycles. The van der Waals surface area contributed by atoms with Crippen LogP contribution in [-0.2, 0) is 23.3 Å². The molecule has 0 radical (unpaired) electrons. The van der Waals surface area contributed by atoms with Gasteiger partial charge in [-0.25, -0.2) is 4.98 Å². The van der Waals surface area contributed by atoms with Gasteiger partial charge in [-0.05, 0) is 58.1 Å². The summed E-state index contributed by atoms with van der Waals surface area (Å²) in [6.07, 6.45) is 3.36. The van der Waals surface area contributed by atoms with Gasteiger partial charge in [0, 0.05) is 25.3 Å². The van der Waals surface area contributed by atoms with E-state index in [1.807, 2.05) is 17.9 Å². The topological polar surface area (TPSA) is 55.5 Å². The lowest BCUT2D eigenvalue weighted by Crippen LogP contribution is -2.53. The van der Waals surface area contributed by atoms with Crippen LogP contribution in [0.4, 0.5) is 0 Å². The number of H-pyrrole nitrogens is 1. The third-order valence-corrected chi connectivity index (χ3v) is 7.07. The first kappa shape index (κ1) is 24.2. The zero-order valence-electron chi connectivity index (χ0n) is 20.7. The maximum absolute atomic E-state index is 14.4. The number of aryl methyl sites for hydroxylation is 1. The van der Waals surface area contributed by atoms with Gasteiger partial charge in [0.15, 0.2) is 0 Å². The zero-order chi connectivity index (χ0) is 24.0. The third kappa shape index (κ3) is 5.57. The number of likely N-dealkylation sites (tertiary alicyclic amines) is 1. The minimum atomic E-state index is -0.509. The molecule has 34 heavy (non-hydrogen) atoms. The molecule has 6 heteroatoms. The van der Waals surface area contributed by atoms with Crippen LogP contribution in [-0.4, -0.2) is 70.8 Å². The van der Waals surface area contributed by atoms with Crippen molar-refractivity contribution in [3.8, 4) is 0 Å². The summed E-state index contributed by atoms with van der Waals surface area (Å²) in [4.78, 5) is 28.7. The van der Waals surface area contributed by atoms with Crippen LogP contribution in [0.3, 0.4) is 0 Å². The number of nitrogens with one attached hydrogen (secondary N) is 1. The molecule has 1 saturated heterocycles. The van der Waals surface area contributed by atoms with E-state index in [0.29, 0.717) is 13.1 Å². The van der Waals surface area contributed by atoms with Crippen molar-refractivity contribution in [2.24, 2.45) is 0 Å². The molecule has 1 N–H and O–H groups in total. The number of benzene rings is 2. The number of aromatic amines is 1. The van der Waals surface area contributed by atoms with Crippen molar-refractivity contribution < 1.29 is 4.79 Å². The summed E-state index contributed by atoms with van der Waals surface area (Å²) in [5, 5.41) is 0. The molecule has 1 fully saturated rings.